The molecule has 3 heteroatoms. The Morgan fingerprint density at radius 2 is 2.11 bits per heavy atom. The van der Waals surface area contributed by atoms with Crippen LogP contribution in [0, 0.1) is 0 Å². The molecule has 0 aliphatic carbocycles. The van der Waals surface area contributed by atoms with Crippen LogP contribution in [0.4, 0.5) is 0 Å². The Morgan fingerprint density at radius 3 is 2.83 bits per heavy atom. The van der Waals surface area contributed by atoms with Crippen molar-refractivity contribution in [3.63, 3.8) is 0 Å². The normalized spacial score (nSPS) is 25.9. The molecule has 3 nitrogen and oxygen atoms in total. The van der Waals surface area contributed by atoms with Gasteiger partial charge in [-0.1, -0.05) is 30.3 Å². The van der Waals surface area contributed by atoms with E-state index in [1.165, 1.54) is 5.56 Å². The third-order valence-electron chi connectivity index (χ3n) is 3.87. The van der Waals surface area contributed by atoms with Crippen molar-refractivity contribution in [1.29, 1.82) is 0 Å². The molecule has 18 heavy (non-hydrogen) atoms. The minimum Gasteiger partial charge on any atom is -0.395 e. The molecule has 1 aromatic carbocycles. The molecule has 1 saturated heterocycles. The van der Waals surface area contributed by atoms with Crippen molar-refractivity contribution in [3.05, 3.63) is 35.9 Å². The van der Waals surface area contributed by atoms with Crippen molar-refractivity contribution in [3.8, 4) is 0 Å². The van der Waals surface area contributed by atoms with Gasteiger partial charge in [0.1, 0.15) is 0 Å². The fourth-order valence-electron chi connectivity index (χ4n) is 2.70. The molecule has 0 spiro atoms. The number of hydrogen-bond acceptors (Lipinski definition) is 3. The van der Waals surface area contributed by atoms with E-state index in [-0.39, 0.29) is 12.6 Å². The van der Waals surface area contributed by atoms with E-state index in [0.717, 1.165) is 32.5 Å². The molecule has 0 radical (unpaired) electrons. The topological polar surface area (TPSA) is 35.5 Å². The van der Waals surface area contributed by atoms with Crippen molar-refractivity contribution < 1.29 is 5.11 Å². The number of benzene rings is 1. The highest BCUT2D eigenvalue weighted by Gasteiger charge is 2.24. The Bertz CT molecular complexity index is 342. The summed E-state index contributed by atoms with van der Waals surface area (Å²) in [5, 5.41) is 12.9. The molecular weight excluding hydrogens is 224 g/mol. The number of nitrogens with zero attached hydrogens (tertiary/aromatic N) is 1. The van der Waals surface area contributed by atoms with Crippen LogP contribution in [0.2, 0.25) is 0 Å². The van der Waals surface area contributed by atoms with Crippen LogP contribution < -0.4 is 5.32 Å². The Balaban J connectivity index is 1.95. The van der Waals surface area contributed by atoms with Crippen molar-refractivity contribution in [2.75, 3.05) is 26.2 Å². The van der Waals surface area contributed by atoms with E-state index >= 15 is 0 Å². The highest BCUT2D eigenvalue weighted by molar-refractivity contribution is 5.15. The fraction of sp³-hybridized carbons (Fsp3) is 0.600. The Morgan fingerprint density at radius 1 is 1.33 bits per heavy atom. The predicted molar refractivity (Wildman–Crippen MR) is 74.7 cm³/mol. The lowest BCUT2D eigenvalue weighted by Crippen LogP contribution is -2.46. The first-order chi connectivity index (χ1) is 8.81. The van der Waals surface area contributed by atoms with Gasteiger partial charge in [-0.15, -0.1) is 0 Å². The molecule has 1 aliphatic heterocycles. The molecule has 2 N–H and O–H groups in total. The van der Waals surface area contributed by atoms with Gasteiger partial charge in [0.2, 0.25) is 0 Å². The SMILES string of the molecule is CC1CCNCC(CO)N1CCc1ccccc1. The number of aliphatic hydroxyl groups is 1. The van der Waals surface area contributed by atoms with Crippen molar-refractivity contribution >= 4 is 0 Å². The Hall–Kier alpha value is -0.900. The van der Waals surface area contributed by atoms with Crippen LogP contribution in [0.15, 0.2) is 30.3 Å². The molecule has 0 bridgehead atoms. The van der Waals surface area contributed by atoms with Crippen LogP contribution >= 0.6 is 0 Å². The maximum Gasteiger partial charge on any atom is 0.0599 e. The largest absolute Gasteiger partial charge is 0.395 e. The van der Waals surface area contributed by atoms with E-state index in [0.29, 0.717) is 6.04 Å². The van der Waals surface area contributed by atoms with Gasteiger partial charge in [-0.25, -0.2) is 0 Å². The van der Waals surface area contributed by atoms with Gasteiger partial charge < -0.3 is 10.4 Å². The monoisotopic (exact) mass is 248 g/mol. The van der Waals surface area contributed by atoms with Gasteiger partial charge in [-0.3, -0.25) is 4.90 Å². The summed E-state index contributed by atoms with van der Waals surface area (Å²) in [5.74, 6) is 0. The lowest BCUT2D eigenvalue weighted by molar-refractivity contribution is 0.0996. The summed E-state index contributed by atoms with van der Waals surface area (Å²) in [6.45, 7) is 5.49. The second kappa shape index (κ2) is 6.88. The lowest BCUT2D eigenvalue weighted by atomic mass is 10.1. The molecule has 0 amide bonds. The summed E-state index contributed by atoms with van der Waals surface area (Å²) in [4.78, 5) is 2.45. The summed E-state index contributed by atoms with van der Waals surface area (Å²) >= 11 is 0. The summed E-state index contributed by atoms with van der Waals surface area (Å²) in [6, 6.07) is 11.4. The van der Waals surface area contributed by atoms with Gasteiger partial charge in [0.05, 0.1) is 6.61 Å². The van der Waals surface area contributed by atoms with Crippen molar-refractivity contribution in [1.82, 2.24) is 10.2 Å². The maximum absolute atomic E-state index is 9.52. The van der Waals surface area contributed by atoms with E-state index < -0.39 is 0 Å². The predicted octanol–water partition coefficient (Wildman–Crippen LogP) is 1.27. The van der Waals surface area contributed by atoms with Crippen LogP contribution in [0.25, 0.3) is 0 Å². The minimum atomic E-state index is 0.242. The average molecular weight is 248 g/mol. The zero-order chi connectivity index (χ0) is 12.8. The Labute approximate surface area is 110 Å². The molecule has 1 fully saturated rings. The first-order valence-corrected chi connectivity index (χ1v) is 6.92. The molecule has 1 aromatic rings. The maximum atomic E-state index is 9.52. The van der Waals surface area contributed by atoms with Gasteiger partial charge in [-0.2, -0.15) is 0 Å². The highest BCUT2D eigenvalue weighted by atomic mass is 16.3. The van der Waals surface area contributed by atoms with E-state index in [1.54, 1.807) is 0 Å². The third-order valence-corrected chi connectivity index (χ3v) is 3.87. The van der Waals surface area contributed by atoms with Crippen LogP contribution in [0.5, 0.6) is 0 Å². The smallest absolute Gasteiger partial charge is 0.0599 e. The van der Waals surface area contributed by atoms with E-state index in [4.69, 9.17) is 0 Å². The molecule has 0 aromatic heterocycles. The van der Waals surface area contributed by atoms with E-state index in [2.05, 4.69) is 47.5 Å². The zero-order valence-electron chi connectivity index (χ0n) is 11.2. The van der Waals surface area contributed by atoms with E-state index in [1.807, 2.05) is 0 Å². The molecule has 1 aliphatic rings. The second-order valence-corrected chi connectivity index (χ2v) is 5.15. The number of nitrogens with one attached hydrogen (secondary N) is 1. The van der Waals surface area contributed by atoms with E-state index in [9.17, 15) is 5.11 Å². The molecule has 0 saturated carbocycles. The molecule has 1 heterocycles. The fourth-order valence-corrected chi connectivity index (χ4v) is 2.70. The Kier molecular flexibility index (Phi) is 5.17. The van der Waals surface area contributed by atoms with Gasteiger partial charge >= 0.3 is 0 Å². The highest BCUT2D eigenvalue weighted by Crippen LogP contribution is 2.13. The first-order valence-electron chi connectivity index (χ1n) is 6.92. The van der Waals surface area contributed by atoms with Gasteiger partial charge in [0.25, 0.3) is 0 Å². The lowest BCUT2D eigenvalue weighted by Gasteiger charge is -2.33. The summed E-state index contributed by atoms with van der Waals surface area (Å²) in [6.07, 6.45) is 2.22. The molecule has 2 rings (SSSR count). The summed E-state index contributed by atoms with van der Waals surface area (Å²) < 4.78 is 0. The average Bonchev–Trinajstić information content (AvgIpc) is 2.59. The molecule has 2 atom stereocenters. The third kappa shape index (κ3) is 3.55. The number of aliphatic hydroxyl groups excluding tert-OH is 1. The molecular formula is C15H24N2O. The molecule has 2 unspecified atom stereocenters. The summed E-state index contributed by atoms with van der Waals surface area (Å²) in [7, 11) is 0. The zero-order valence-corrected chi connectivity index (χ0v) is 11.2. The van der Waals surface area contributed by atoms with Crippen LogP contribution in [-0.4, -0.2) is 48.3 Å². The van der Waals surface area contributed by atoms with Crippen LogP contribution in [-0.2, 0) is 6.42 Å². The first kappa shape index (κ1) is 13.5. The van der Waals surface area contributed by atoms with Gasteiger partial charge in [0, 0.05) is 25.2 Å². The van der Waals surface area contributed by atoms with Crippen LogP contribution in [0.3, 0.4) is 0 Å². The summed E-state index contributed by atoms with van der Waals surface area (Å²) in [5.41, 5.74) is 1.37. The van der Waals surface area contributed by atoms with Gasteiger partial charge in [0.15, 0.2) is 0 Å². The molecule has 100 valence electrons. The van der Waals surface area contributed by atoms with Crippen molar-refractivity contribution in [2.24, 2.45) is 0 Å². The van der Waals surface area contributed by atoms with Crippen LogP contribution in [0.1, 0.15) is 18.9 Å². The van der Waals surface area contributed by atoms with Gasteiger partial charge in [-0.05, 0) is 31.9 Å². The quantitative estimate of drug-likeness (QED) is 0.842. The second-order valence-electron chi connectivity index (χ2n) is 5.15. The van der Waals surface area contributed by atoms with Crippen molar-refractivity contribution in [2.45, 2.75) is 31.8 Å². The number of hydrogen-bond donors (Lipinski definition) is 2. The minimum absolute atomic E-state index is 0.242. The standard InChI is InChI=1S/C15H24N2O/c1-13-7-9-16-11-15(12-18)17(13)10-8-14-5-3-2-4-6-14/h2-6,13,15-16,18H,7-12H2,1H3. The number of rotatable bonds is 4.